The van der Waals surface area contributed by atoms with Crippen molar-refractivity contribution < 1.29 is 12.8 Å². The van der Waals surface area contributed by atoms with Crippen LogP contribution in [0.4, 0.5) is 4.39 Å². The maximum atomic E-state index is 13.6. The van der Waals surface area contributed by atoms with Gasteiger partial charge in [-0.15, -0.1) is 0 Å². The fraction of sp³-hybridized carbons (Fsp3) is 0.500. The summed E-state index contributed by atoms with van der Waals surface area (Å²) in [5.74, 6) is -0.466. The van der Waals surface area contributed by atoms with E-state index in [-0.39, 0.29) is 10.8 Å². The number of rotatable bonds is 2. The third-order valence-corrected chi connectivity index (χ3v) is 6.48. The predicted molar refractivity (Wildman–Crippen MR) is 71.7 cm³/mol. The fourth-order valence-corrected chi connectivity index (χ4v) is 4.08. The smallest absolute Gasteiger partial charge is 0.207 e. The number of hydrogen-bond donors (Lipinski definition) is 0. The van der Waals surface area contributed by atoms with Crippen LogP contribution in [0.5, 0.6) is 0 Å². The second-order valence-corrected chi connectivity index (χ2v) is 7.66. The molecule has 1 aromatic carbocycles. The lowest BCUT2D eigenvalue weighted by Crippen LogP contribution is -2.43. The molecule has 3 nitrogen and oxygen atoms in total. The van der Waals surface area contributed by atoms with Crippen LogP contribution >= 0.6 is 15.9 Å². The van der Waals surface area contributed by atoms with Crippen LogP contribution in [0.3, 0.4) is 0 Å². The van der Waals surface area contributed by atoms with Crippen LogP contribution in [0, 0.1) is 11.7 Å². The summed E-state index contributed by atoms with van der Waals surface area (Å²) >= 11 is 3.52. The molecule has 18 heavy (non-hydrogen) atoms. The molecule has 0 amide bonds. The minimum Gasteiger partial charge on any atom is -0.207 e. The summed E-state index contributed by atoms with van der Waals surface area (Å²) in [6, 6.07) is 5.52. The molecular weight excluding hydrogens is 321 g/mol. The van der Waals surface area contributed by atoms with Gasteiger partial charge in [0.2, 0.25) is 10.0 Å². The monoisotopic (exact) mass is 335 g/mol. The number of benzene rings is 1. The second kappa shape index (κ2) is 5.27. The van der Waals surface area contributed by atoms with Crippen LogP contribution < -0.4 is 0 Å². The Bertz CT molecular complexity index is 535. The number of piperidine rings is 1. The molecule has 2 atom stereocenters. The van der Waals surface area contributed by atoms with Gasteiger partial charge < -0.3 is 0 Å². The Labute approximate surface area is 115 Å². The van der Waals surface area contributed by atoms with Crippen molar-refractivity contribution in [1.82, 2.24) is 4.31 Å². The molecule has 0 radical (unpaired) electrons. The summed E-state index contributed by atoms with van der Waals surface area (Å²) in [6.07, 6.45) is 0.745. The molecule has 1 aromatic rings. The van der Waals surface area contributed by atoms with Gasteiger partial charge in [0, 0.05) is 17.9 Å². The van der Waals surface area contributed by atoms with Crippen molar-refractivity contribution in [3.63, 3.8) is 0 Å². The molecule has 0 spiro atoms. The number of sulfonamides is 1. The van der Waals surface area contributed by atoms with Crippen molar-refractivity contribution in [3.05, 3.63) is 30.1 Å². The summed E-state index contributed by atoms with van der Waals surface area (Å²) in [5.41, 5.74) is 0. The van der Waals surface area contributed by atoms with E-state index in [4.69, 9.17) is 0 Å². The number of nitrogens with zero attached hydrogens (tertiary/aromatic N) is 1. The standard InChI is InChI=1S/C12H15BrFNO2S/c1-9-8-15(7-6-10(9)13)18(16,17)12-5-3-2-4-11(12)14/h2-5,9-10H,6-8H2,1H3. The quantitative estimate of drug-likeness (QED) is 0.779. The van der Waals surface area contributed by atoms with Gasteiger partial charge >= 0.3 is 0 Å². The van der Waals surface area contributed by atoms with Gasteiger partial charge in [-0.05, 0) is 24.5 Å². The molecule has 1 aliphatic rings. The lowest BCUT2D eigenvalue weighted by molar-refractivity contribution is 0.291. The Morgan fingerprint density at radius 3 is 2.67 bits per heavy atom. The number of halogens is 2. The maximum Gasteiger partial charge on any atom is 0.245 e. The van der Waals surface area contributed by atoms with Crippen LogP contribution in [0.25, 0.3) is 0 Å². The largest absolute Gasteiger partial charge is 0.245 e. The molecule has 0 bridgehead atoms. The first-order valence-corrected chi connectivity index (χ1v) is 8.17. The van der Waals surface area contributed by atoms with Gasteiger partial charge in [-0.2, -0.15) is 4.31 Å². The highest BCUT2D eigenvalue weighted by molar-refractivity contribution is 9.09. The van der Waals surface area contributed by atoms with E-state index in [1.165, 1.54) is 28.6 Å². The molecule has 1 heterocycles. The Kier molecular flexibility index (Phi) is 4.08. The Hall–Kier alpha value is -0.460. The van der Waals surface area contributed by atoms with E-state index >= 15 is 0 Å². The molecule has 2 rings (SSSR count). The topological polar surface area (TPSA) is 37.4 Å². The highest BCUT2D eigenvalue weighted by Crippen LogP contribution is 2.28. The summed E-state index contributed by atoms with van der Waals surface area (Å²) in [6.45, 7) is 2.84. The lowest BCUT2D eigenvalue weighted by Gasteiger charge is -2.33. The highest BCUT2D eigenvalue weighted by atomic mass is 79.9. The molecule has 6 heteroatoms. The fourth-order valence-electron chi connectivity index (χ4n) is 2.09. The normalized spacial score (nSPS) is 26.2. The molecule has 0 aliphatic carbocycles. The number of alkyl halides is 1. The Balaban J connectivity index is 2.30. The van der Waals surface area contributed by atoms with Crippen LogP contribution in [-0.4, -0.2) is 30.6 Å². The first kappa shape index (κ1) is 14.0. The molecule has 1 saturated heterocycles. The molecule has 2 unspecified atom stereocenters. The zero-order valence-electron chi connectivity index (χ0n) is 10.0. The minimum atomic E-state index is -3.71. The predicted octanol–water partition coefficient (Wildman–Crippen LogP) is 2.62. The van der Waals surface area contributed by atoms with E-state index in [1.807, 2.05) is 6.92 Å². The van der Waals surface area contributed by atoms with Crippen molar-refractivity contribution in [3.8, 4) is 0 Å². The second-order valence-electron chi connectivity index (χ2n) is 4.58. The Morgan fingerprint density at radius 1 is 1.39 bits per heavy atom. The van der Waals surface area contributed by atoms with Crippen LogP contribution in [0.15, 0.2) is 29.2 Å². The third kappa shape index (κ3) is 2.60. The molecular formula is C12H15BrFNO2S. The van der Waals surface area contributed by atoms with Crippen molar-refractivity contribution in [2.24, 2.45) is 5.92 Å². The average molecular weight is 336 g/mol. The van der Waals surface area contributed by atoms with Gasteiger partial charge in [0.1, 0.15) is 10.7 Å². The zero-order chi connectivity index (χ0) is 13.3. The van der Waals surface area contributed by atoms with Crippen molar-refractivity contribution in [1.29, 1.82) is 0 Å². The van der Waals surface area contributed by atoms with E-state index in [2.05, 4.69) is 15.9 Å². The SMILES string of the molecule is CC1CN(S(=O)(=O)c2ccccc2F)CCC1Br. The van der Waals surface area contributed by atoms with E-state index in [0.29, 0.717) is 17.9 Å². The van der Waals surface area contributed by atoms with Crippen molar-refractivity contribution in [2.75, 3.05) is 13.1 Å². The molecule has 0 saturated carbocycles. The summed E-state index contributed by atoms with van der Waals surface area (Å²) in [5, 5.41) is 0. The molecule has 0 N–H and O–H groups in total. The van der Waals surface area contributed by atoms with Crippen molar-refractivity contribution in [2.45, 2.75) is 23.1 Å². The van der Waals surface area contributed by atoms with Crippen LogP contribution in [0.2, 0.25) is 0 Å². The summed E-state index contributed by atoms with van der Waals surface area (Å²) in [4.78, 5) is 0.0924. The van der Waals surface area contributed by atoms with Gasteiger partial charge in [-0.25, -0.2) is 12.8 Å². The zero-order valence-corrected chi connectivity index (χ0v) is 12.4. The third-order valence-electron chi connectivity index (χ3n) is 3.22. The van der Waals surface area contributed by atoms with Gasteiger partial charge in [0.15, 0.2) is 0 Å². The van der Waals surface area contributed by atoms with Gasteiger partial charge in [-0.3, -0.25) is 0 Å². The van der Waals surface area contributed by atoms with Gasteiger partial charge in [0.05, 0.1) is 0 Å². The Morgan fingerprint density at radius 2 is 2.06 bits per heavy atom. The summed E-state index contributed by atoms with van der Waals surface area (Å²) < 4.78 is 39.6. The molecule has 1 fully saturated rings. The van der Waals surface area contributed by atoms with E-state index in [1.54, 1.807) is 0 Å². The highest BCUT2D eigenvalue weighted by Gasteiger charge is 2.33. The molecule has 1 aliphatic heterocycles. The summed E-state index contributed by atoms with van der Waals surface area (Å²) in [7, 11) is -3.71. The van der Waals surface area contributed by atoms with E-state index in [0.717, 1.165) is 6.42 Å². The minimum absolute atomic E-state index is 0.222. The van der Waals surface area contributed by atoms with Crippen LogP contribution in [-0.2, 0) is 10.0 Å². The molecule has 100 valence electrons. The average Bonchev–Trinajstić information content (AvgIpc) is 2.33. The van der Waals surface area contributed by atoms with E-state index < -0.39 is 15.8 Å². The maximum absolute atomic E-state index is 13.6. The first-order valence-electron chi connectivity index (χ1n) is 5.81. The molecule has 0 aromatic heterocycles. The van der Waals surface area contributed by atoms with Crippen LogP contribution in [0.1, 0.15) is 13.3 Å². The van der Waals surface area contributed by atoms with Gasteiger partial charge in [-0.1, -0.05) is 35.0 Å². The lowest BCUT2D eigenvalue weighted by atomic mass is 10.0. The number of hydrogen-bond acceptors (Lipinski definition) is 2. The van der Waals surface area contributed by atoms with E-state index in [9.17, 15) is 12.8 Å². The van der Waals surface area contributed by atoms with Gasteiger partial charge in [0.25, 0.3) is 0 Å². The van der Waals surface area contributed by atoms with Crippen molar-refractivity contribution >= 4 is 26.0 Å². The first-order chi connectivity index (χ1) is 8.43.